The average Bonchev–Trinajstić information content (AvgIpc) is 2.08. The fourth-order valence-electron chi connectivity index (χ4n) is 0.733. The van der Waals surface area contributed by atoms with Crippen molar-refractivity contribution in [3.05, 3.63) is 18.2 Å². The number of benzene rings is 1. The van der Waals surface area contributed by atoms with Crippen molar-refractivity contribution < 1.29 is 15.0 Å². The van der Waals surface area contributed by atoms with E-state index < -0.39 is 0 Å². The molecule has 1 aromatic rings. The maximum absolute atomic E-state index is 10.2. The van der Waals surface area contributed by atoms with Gasteiger partial charge in [0.1, 0.15) is 0 Å². The van der Waals surface area contributed by atoms with Gasteiger partial charge in [-0.25, -0.2) is 5.84 Å². The summed E-state index contributed by atoms with van der Waals surface area (Å²) in [7, 11) is 0. The second-order valence-electron chi connectivity index (χ2n) is 2.19. The lowest BCUT2D eigenvalue weighted by Crippen LogP contribution is -2.28. The summed E-state index contributed by atoms with van der Waals surface area (Å²) >= 11 is 0. The molecule has 4 N–H and O–H groups in total. The van der Waals surface area contributed by atoms with Gasteiger partial charge < -0.3 is 10.2 Å². The van der Waals surface area contributed by atoms with E-state index in [4.69, 9.17) is 16.1 Å². The molecular formula is C7H8N2O3. The maximum atomic E-state index is 10.2. The normalized spacial score (nSPS) is 9.42. The summed E-state index contributed by atoms with van der Waals surface area (Å²) in [5.74, 6) is 4.62. The first-order valence-electron chi connectivity index (χ1n) is 3.16. The molecule has 0 aromatic heterocycles. The quantitative estimate of drug-likeness (QED) is 0.190. The molecule has 0 saturated carbocycles. The highest BCUT2D eigenvalue weighted by Crippen LogP contribution is 2.27. The van der Waals surface area contributed by atoms with E-state index >= 15 is 0 Å². The molecule has 0 heterocycles. The Bertz CT molecular complexity index is 301. The molecule has 12 heavy (non-hydrogen) atoms. The molecule has 0 aliphatic heterocycles. The first kappa shape index (κ1) is 8.35. The molecule has 0 aliphatic rings. The number of aromatic hydroxyl groups is 2. The highest BCUT2D eigenvalue weighted by Gasteiger charge is 2.03. The van der Waals surface area contributed by atoms with Crippen LogP contribution in [0.3, 0.4) is 0 Å². The Balaban J connectivity index is 3.04. The highest BCUT2D eigenvalue weighted by molar-refractivity contribution is 5.74. The van der Waals surface area contributed by atoms with Crippen molar-refractivity contribution in [1.29, 1.82) is 0 Å². The van der Waals surface area contributed by atoms with Crippen molar-refractivity contribution in [3.63, 3.8) is 0 Å². The standard InChI is InChI=1S/C7H8N2O3/c8-9(4-10)5-1-2-6(11)7(12)3-5/h1-4,11-12H,8H2. The van der Waals surface area contributed by atoms with Gasteiger partial charge in [-0.3, -0.25) is 9.80 Å². The van der Waals surface area contributed by atoms with E-state index in [1.165, 1.54) is 18.2 Å². The molecule has 0 bridgehead atoms. The number of nitrogens with zero attached hydrogens (tertiary/aromatic N) is 1. The summed E-state index contributed by atoms with van der Waals surface area (Å²) in [5, 5.41) is 18.7. The van der Waals surface area contributed by atoms with Crippen LogP contribution in [0.15, 0.2) is 18.2 Å². The van der Waals surface area contributed by atoms with Crippen molar-refractivity contribution in [1.82, 2.24) is 0 Å². The number of rotatable bonds is 2. The Labute approximate surface area is 68.6 Å². The molecule has 0 spiro atoms. The third-order valence-electron chi connectivity index (χ3n) is 1.37. The largest absolute Gasteiger partial charge is 0.504 e. The van der Waals surface area contributed by atoms with Crippen molar-refractivity contribution >= 4 is 12.1 Å². The first-order chi connectivity index (χ1) is 5.65. The fraction of sp³-hybridized carbons (Fsp3) is 0. The number of anilines is 1. The summed E-state index contributed by atoms with van der Waals surface area (Å²) < 4.78 is 0. The molecule has 5 nitrogen and oxygen atoms in total. The molecule has 0 fully saturated rings. The van der Waals surface area contributed by atoms with E-state index in [-0.39, 0.29) is 11.5 Å². The molecule has 1 amide bonds. The lowest BCUT2D eigenvalue weighted by atomic mass is 10.3. The minimum absolute atomic E-state index is 0.252. The van der Waals surface area contributed by atoms with Crippen LogP contribution in [0, 0.1) is 0 Å². The van der Waals surface area contributed by atoms with Crippen LogP contribution in [-0.2, 0) is 4.79 Å². The van der Waals surface area contributed by atoms with Crippen LogP contribution < -0.4 is 10.9 Å². The summed E-state index contributed by atoms with van der Waals surface area (Å²) in [6.45, 7) is 0. The number of nitrogens with two attached hydrogens (primary N) is 1. The fourth-order valence-corrected chi connectivity index (χ4v) is 0.733. The van der Waals surface area contributed by atoms with Crippen molar-refractivity contribution in [2.45, 2.75) is 0 Å². The Hall–Kier alpha value is -1.75. The number of carbonyl (C=O) groups is 1. The SMILES string of the molecule is NN(C=O)c1ccc(O)c(O)c1. The van der Waals surface area contributed by atoms with E-state index in [0.717, 1.165) is 5.01 Å². The van der Waals surface area contributed by atoms with Gasteiger partial charge in [0.05, 0.1) is 5.69 Å². The molecule has 0 radical (unpaired) electrons. The van der Waals surface area contributed by atoms with Gasteiger partial charge in [-0.15, -0.1) is 0 Å². The average molecular weight is 168 g/mol. The zero-order valence-electron chi connectivity index (χ0n) is 6.14. The Morgan fingerprint density at radius 2 is 2.00 bits per heavy atom. The molecule has 0 aliphatic carbocycles. The van der Waals surface area contributed by atoms with Crippen LogP contribution in [0.25, 0.3) is 0 Å². The number of hydrazine groups is 1. The smallest absolute Gasteiger partial charge is 0.228 e. The number of phenols is 2. The van der Waals surface area contributed by atoms with Crippen LogP contribution in [-0.4, -0.2) is 16.6 Å². The van der Waals surface area contributed by atoms with E-state index in [1.54, 1.807) is 0 Å². The molecule has 0 saturated heterocycles. The van der Waals surface area contributed by atoms with Crippen LogP contribution in [0.4, 0.5) is 5.69 Å². The predicted molar refractivity (Wildman–Crippen MR) is 42.5 cm³/mol. The van der Waals surface area contributed by atoms with Crippen molar-refractivity contribution in [3.8, 4) is 11.5 Å². The van der Waals surface area contributed by atoms with E-state index in [0.29, 0.717) is 12.1 Å². The lowest BCUT2D eigenvalue weighted by Gasteiger charge is -2.10. The highest BCUT2D eigenvalue weighted by atomic mass is 16.3. The number of amides is 1. The first-order valence-corrected chi connectivity index (χ1v) is 3.16. The zero-order valence-corrected chi connectivity index (χ0v) is 6.14. The molecule has 1 aromatic carbocycles. The lowest BCUT2D eigenvalue weighted by molar-refractivity contribution is -0.107. The van der Waals surface area contributed by atoms with Gasteiger partial charge >= 0.3 is 0 Å². The van der Waals surface area contributed by atoms with Gasteiger partial charge in [-0.1, -0.05) is 0 Å². The van der Waals surface area contributed by atoms with Gasteiger partial charge in [0, 0.05) is 6.07 Å². The molecule has 0 unspecified atom stereocenters. The second kappa shape index (κ2) is 3.10. The van der Waals surface area contributed by atoms with E-state index in [2.05, 4.69) is 0 Å². The van der Waals surface area contributed by atoms with E-state index in [9.17, 15) is 4.79 Å². The third-order valence-corrected chi connectivity index (χ3v) is 1.37. The third kappa shape index (κ3) is 1.46. The minimum atomic E-state index is -0.315. The summed E-state index contributed by atoms with van der Waals surface area (Å²) in [4.78, 5) is 10.2. The monoisotopic (exact) mass is 168 g/mol. The Kier molecular flexibility index (Phi) is 2.16. The van der Waals surface area contributed by atoms with Gasteiger partial charge in [0.15, 0.2) is 11.5 Å². The second-order valence-corrected chi connectivity index (χ2v) is 2.19. The molecular weight excluding hydrogens is 160 g/mol. The number of hydrogen-bond donors (Lipinski definition) is 3. The van der Waals surface area contributed by atoms with Gasteiger partial charge in [0.2, 0.25) is 6.41 Å². The molecule has 5 heteroatoms. The summed E-state index contributed by atoms with van der Waals surface area (Å²) in [6, 6.07) is 3.83. The van der Waals surface area contributed by atoms with Gasteiger partial charge in [-0.05, 0) is 12.1 Å². The van der Waals surface area contributed by atoms with Gasteiger partial charge in [-0.2, -0.15) is 0 Å². The zero-order chi connectivity index (χ0) is 9.14. The van der Waals surface area contributed by atoms with Crippen molar-refractivity contribution in [2.75, 3.05) is 5.01 Å². The molecule has 0 atom stereocenters. The minimum Gasteiger partial charge on any atom is -0.504 e. The maximum Gasteiger partial charge on any atom is 0.228 e. The number of phenolic OH excluding ortho intramolecular Hbond substituents is 2. The Morgan fingerprint density at radius 1 is 1.33 bits per heavy atom. The van der Waals surface area contributed by atoms with Crippen LogP contribution in [0.1, 0.15) is 0 Å². The van der Waals surface area contributed by atoms with Crippen LogP contribution >= 0.6 is 0 Å². The topological polar surface area (TPSA) is 86.8 Å². The van der Waals surface area contributed by atoms with Crippen LogP contribution in [0.2, 0.25) is 0 Å². The molecule has 64 valence electrons. The predicted octanol–water partition coefficient (Wildman–Crippen LogP) is -0.0657. The van der Waals surface area contributed by atoms with Crippen LogP contribution in [0.5, 0.6) is 11.5 Å². The Morgan fingerprint density at radius 3 is 2.50 bits per heavy atom. The molecule has 1 rings (SSSR count). The van der Waals surface area contributed by atoms with Gasteiger partial charge in [0.25, 0.3) is 0 Å². The van der Waals surface area contributed by atoms with E-state index in [1.807, 2.05) is 0 Å². The number of hydrogen-bond acceptors (Lipinski definition) is 4. The summed E-state index contributed by atoms with van der Waals surface area (Å²) in [6.07, 6.45) is 0.395. The summed E-state index contributed by atoms with van der Waals surface area (Å²) in [5.41, 5.74) is 0.306. The van der Waals surface area contributed by atoms with Crippen molar-refractivity contribution in [2.24, 2.45) is 5.84 Å². The number of carbonyl (C=O) groups excluding carboxylic acids is 1.